The van der Waals surface area contributed by atoms with Crippen molar-refractivity contribution in [2.75, 3.05) is 6.61 Å². The number of para-hydroxylation sites is 1. The van der Waals surface area contributed by atoms with E-state index in [0.717, 1.165) is 0 Å². The first kappa shape index (κ1) is 12.2. The molecule has 0 amide bonds. The normalized spacial score (nSPS) is 13.6. The van der Waals surface area contributed by atoms with Crippen LogP contribution >= 0.6 is 11.6 Å². The van der Waals surface area contributed by atoms with E-state index in [9.17, 15) is 13.2 Å². The fourth-order valence-electron chi connectivity index (χ4n) is 1.01. The van der Waals surface area contributed by atoms with Crippen LogP contribution in [0.4, 0.5) is 13.2 Å². The zero-order chi connectivity index (χ0) is 11.3. The molecule has 0 spiro atoms. The monoisotopic (exact) mass is 238 g/mol. The van der Waals surface area contributed by atoms with Crippen molar-refractivity contribution < 1.29 is 17.9 Å². The predicted octanol–water partition coefficient (Wildman–Crippen LogP) is 3.63. The van der Waals surface area contributed by atoms with Gasteiger partial charge in [0.15, 0.2) is 0 Å². The van der Waals surface area contributed by atoms with Crippen LogP contribution in [0.2, 0.25) is 0 Å². The summed E-state index contributed by atoms with van der Waals surface area (Å²) in [6.07, 6.45) is -5.28. The highest BCUT2D eigenvalue weighted by Gasteiger charge is 2.31. The molecule has 1 aromatic rings. The lowest BCUT2D eigenvalue weighted by Crippen LogP contribution is -2.20. The predicted molar refractivity (Wildman–Crippen MR) is 52.3 cm³/mol. The Bertz CT molecular complexity index is 286. The van der Waals surface area contributed by atoms with Gasteiger partial charge in [-0.25, -0.2) is 0 Å². The molecule has 0 N–H and O–H groups in total. The van der Waals surface area contributed by atoms with Crippen LogP contribution in [0.5, 0.6) is 5.75 Å². The number of benzene rings is 1. The van der Waals surface area contributed by atoms with Gasteiger partial charge in [0.05, 0.1) is 11.8 Å². The first-order valence-electron chi connectivity index (χ1n) is 4.36. The van der Waals surface area contributed by atoms with Crippen LogP contribution in [0.1, 0.15) is 6.42 Å². The second-order valence-corrected chi connectivity index (χ2v) is 3.66. The van der Waals surface area contributed by atoms with Crippen LogP contribution in [-0.4, -0.2) is 18.2 Å². The third-order valence-electron chi connectivity index (χ3n) is 1.63. The number of hydrogen-bond donors (Lipinski definition) is 0. The maximum atomic E-state index is 11.9. The Hall–Kier alpha value is -0.900. The summed E-state index contributed by atoms with van der Waals surface area (Å²) in [4.78, 5) is 0. The number of rotatable bonds is 4. The Kier molecular flexibility index (Phi) is 4.27. The highest BCUT2D eigenvalue weighted by molar-refractivity contribution is 6.20. The standard InChI is InChI=1S/C10H10ClF3O/c11-8(6-10(12,13)14)7-15-9-4-2-1-3-5-9/h1-5,8H,6-7H2. The third-order valence-corrected chi connectivity index (χ3v) is 1.91. The van der Waals surface area contributed by atoms with Gasteiger partial charge in [-0.05, 0) is 12.1 Å². The van der Waals surface area contributed by atoms with Crippen LogP contribution in [0.3, 0.4) is 0 Å². The van der Waals surface area contributed by atoms with Gasteiger partial charge in [-0.15, -0.1) is 11.6 Å². The van der Waals surface area contributed by atoms with Gasteiger partial charge < -0.3 is 4.74 Å². The van der Waals surface area contributed by atoms with Crippen LogP contribution in [0.25, 0.3) is 0 Å². The molecule has 1 atom stereocenters. The lowest BCUT2D eigenvalue weighted by Gasteiger charge is -2.13. The lowest BCUT2D eigenvalue weighted by molar-refractivity contribution is -0.135. The smallest absolute Gasteiger partial charge is 0.390 e. The van der Waals surface area contributed by atoms with Gasteiger partial charge in [0.25, 0.3) is 0 Å². The van der Waals surface area contributed by atoms with Crippen molar-refractivity contribution in [3.63, 3.8) is 0 Å². The van der Waals surface area contributed by atoms with Crippen molar-refractivity contribution in [3.8, 4) is 5.75 Å². The van der Waals surface area contributed by atoms with Crippen molar-refractivity contribution in [2.24, 2.45) is 0 Å². The van der Waals surface area contributed by atoms with Crippen molar-refractivity contribution in [3.05, 3.63) is 30.3 Å². The molecule has 1 nitrogen and oxygen atoms in total. The Morgan fingerprint density at radius 1 is 1.20 bits per heavy atom. The quantitative estimate of drug-likeness (QED) is 0.728. The van der Waals surface area contributed by atoms with E-state index in [-0.39, 0.29) is 6.61 Å². The van der Waals surface area contributed by atoms with Gasteiger partial charge in [0.1, 0.15) is 12.4 Å². The zero-order valence-corrected chi connectivity index (χ0v) is 8.55. The van der Waals surface area contributed by atoms with Gasteiger partial charge >= 0.3 is 6.18 Å². The molecule has 1 unspecified atom stereocenters. The summed E-state index contributed by atoms with van der Waals surface area (Å²) < 4.78 is 40.8. The average Bonchev–Trinajstić information content (AvgIpc) is 2.14. The summed E-state index contributed by atoms with van der Waals surface area (Å²) in [7, 11) is 0. The average molecular weight is 239 g/mol. The van der Waals surface area contributed by atoms with Gasteiger partial charge in [0, 0.05) is 0 Å². The summed E-state index contributed by atoms with van der Waals surface area (Å²) in [5.74, 6) is 0.519. The molecule has 0 saturated heterocycles. The van der Waals surface area contributed by atoms with Crippen LogP contribution in [0, 0.1) is 0 Å². The van der Waals surface area contributed by atoms with Crippen molar-refractivity contribution >= 4 is 11.6 Å². The minimum atomic E-state index is -4.24. The highest BCUT2D eigenvalue weighted by atomic mass is 35.5. The molecule has 0 aliphatic rings. The van der Waals surface area contributed by atoms with Gasteiger partial charge in [0.2, 0.25) is 0 Å². The number of halogens is 4. The molecule has 1 rings (SSSR count). The molecule has 0 fully saturated rings. The van der Waals surface area contributed by atoms with Gasteiger partial charge in [-0.3, -0.25) is 0 Å². The number of alkyl halides is 4. The Morgan fingerprint density at radius 3 is 2.33 bits per heavy atom. The topological polar surface area (TPSA) is 9.23 Å². The first-order chi connectivity index (χ1) is 6.97. The van der Waals surface area contributed by atoms with Crippen molar-refractivity contribution in [2.45, 2.75) is 18.0 Å². The molecule has 0 radical (unpaired) electrons. The first-order valence-corrected chi connectivity index (χ1v) is 4.80. The van der Waals surface area contributed by atoms with E-state index in [1.807, 2.05) is 0 Å². The molecular weight excluding hydrogens is 229 g/mol. The molecule has 0 saturated carbocycles. The molecule has 0 heterocycles. The molecule has 0 aliphatic carbocycles. The molecule has 15 heavy (non-hydrogen) atoms. The fourth-order valence-corrected chi connectivity index (χ4v) is 1.25. The summed E-state index contributed by atoms with van der Waals surface area (Å²) in [6.45, 7) is -0.148. The van der Waals surface area contributed by atoms with E-state index < -0.39 is 18.0 Å². The van der Waals surface area contributed by atoms with Gasteiger partial charge in [-0.2, -0.15) is 13.2 Å². The maximum Gasteiger partial charge on any atom is 0.390 e. The Labute approximate surface area is 90.8 Å². The summed E-state index contributed by atoms with van der Waals surface area (Å²) in [6, 6.07) is 8.60. The van der Waals surface area contributed by atoms with Crippen LogP contribution in [0.15, 0.2) is 30.3 Å². The second kappa shape index (κ2) is 5.26. The Balaban J connectivity index is 2.32. The highest BCUT2D eigenvalue weighted by Crippen LogP contribution is 2.24. The van der Waals surface area contributed by atoms with Crippen molar-refractivity contribution in [1.82, 2.24) is 0 Å². The van der Waals surface area contributed by atoms with E-state index in [1.54, 1.807) is 30.3 Å². The number of ether oxygens (including phenoxy) is 1. The van der Waals surface area contributed by atoms with E-state index in [1.165, 1.54) is 0 Å². The molecular formula is C10H10ClF3O. The van der Waals surface area contributed by atoms with E-state index in [4.69, 9.17) is 16.3 Å². The molecule has 0 aliphatic heterocycles. The zero-order valence-electron chi connectivity index (χ0n) is 7.80. The van der Waals surface area contributed by atoms with E-state index in [2.05, 4.69) is 0 Å². The molecule has 84 valence electrons. The largest absolute Gasteiger partial charge is 0.492 e. The molecule has 1 aromatic carbocycles. The molecule has 0 bridgehead atoms. The van der Waals surface area contributed by atoms with Crippen LogP contribution in [-0.2, 0) is 0 Å². The van der Waals surface area contributed by atoms with Crippen molar-refractivity contribution in [1.29, 1.82) is 0 Å². The van der Waals surface area contributed by atoms with Crippen LogP contribution < -0.4 is 4.74 Å². The number of hydrogen-bond acceptors (Lipinski definition) is 1. The molecule has 0 aromatic heterocycles. The Morgan fingerprint density at radius 2 is 1.80 bits per heavy atom. The maximum absolute atomic E-state index is 11.9. The third kappa shape index (κ3) is 5.52. The SMILES string of the molecule is FC(F)(F)CC(Cl)COc1ccccc1. The fraction of sp³-hybridized carbons (Fsp3) is 0.400. The van der Waals surface area contributed by atoms with E-state index in [0.29, 0.717) is 5.75 Å². The second-order valence-electron chi connectivity index (χ2n) is 3.04. The lowest BCUT2D eigenvalue weighted by atomic mass is 10.3. The minimum Gasteiger partial charge on any atom is -0.492 e. The molecule has 5 heteroatoms. The summed E-state index contributed by atoms with van der Waals surface area (Å²) in [5.41, 5.74) is 0. The minimum absolute atomic E-state index is 0.148. The summed E-state index contributed by atoms with van der Waals surface area (Å²) in [5, 5.41) is -1.05. The van der Waals surface area contributed by atoms with Gasteiger partial charge in [-0.1, -0.05) is 18.2 Å². The summed E-state index contributed by atoms with van der Waals surface area (Å²) >= 11 is 5.47. The van der Waals surface area contributed by atoms with E-state index >= 15 is 0 Å².